The van der Waals surface area contributed by atoms with Crippen molar-refractivity contribution < 1.29 is 9.28 Å². The van der Waals surface area contributed by atoms with Crippen LogP contribution in [0.4, 0.5) is 0 Å². The molecule has 0 aliphatic carbocycles. The molecule has 0 aliphatic heterocycles. The van der Waals surface area contributed by atoms with Crippen LogP contribution in [0.15, 0.2) is 25.3 Å². The van der Waals surface area contributed by atoms with Gasteiger partial charge in [-0.05, 0) is 12.2 Å². The molecule has 0 aromatic carbocycles. The van der Waals surface area contributed by atoms with Crippen molar-refractivity contribution in [1.82, 2.24) is 0 Å². The fourth-order valence-corrected chi connectivity index (χ4v) is 1.20. The van der Waals surface area contributed by atoms with E-state index < -0.39 is 0 Å². The number of amides is 1. The van der Waals surface area contributed by atoms with Crippen LogP contribution in [-0.4, -0.2) is 37.1 Å². The van der Waals surface area contributed by atoms with Crippen LogP contribution in [0.5, 0.6) is 0 Å². The molecular formula is C9H17N2O+. The van der Waals surface area contributed by atoms with E-state index in [9.17, 15) is 4.79 Å². The minimum Gasteiger partial charge on any atom is -0.365 e. The second kappa shape index (κ2) is 4.72. The number of quaternary nitrogens is 1. The van der Waals surface area contributed by atoms with E-state index in [1.807, 2.05) is 7.05 Å². The zero-order chi connectivity index (χ0) is 9.61. The largest absolute Gasteiger partial charge is 0.365 e. The molecule has 68 valence electrons. The van der Waals surface area contributed by atoms with Gasteiger partial charge in [0.15, 0.2) is 6.54 Å². The van der Waals surface area contributed by atoms with Crippen LogP contribution >= 0.6 is 0 Å². The molecule has 0 saturated heterocycles. The lowest BCUT2D eigenvalue weighted by atomic mass is 10.3. The molecule has 2 N–H and O–H groups in total. The van der Waals surface area contributed by atoms with Crippen LogP contribution < -0.4 is 5.73 Å². The van der Waals surface area contributed by atoms with E-state index in [1.54, 1.807) is 12.2 Å². The Hall–Kier alpha value is -1.09. The summed E-state index contributed by atoms with van der Waals surface area (Å²) in [5, 5.41) is 0. The quantitative estimate of drug-likeness (QED) is 0.451. The van der Waals surface area contributed by atoms with Gasteiger partial charge in [0, 0.05) is 0 Å². The van der Waals surface area contributed by atoms with Gasteiger partial charge in [0.05, 0.1) is 20.1 Å². The van der Waals surface area contributed by atoms with Crippen LogP contribution in [0.1, 0.15) is 0 Å². The number of carbonyl (C=O) groups is 1. The number of nitrogens with two attached hydrogens (primary N) is 1. The molecule has 0 radical (unpaired) electrons. The zero-order valence-corrected chi connectivity index (χ0v) is 7.62. The van der Waals surface area contributed by atoms with Crippen LogP contribution in [0.2, 0.25) is 0 Å². The van der Waals surface area contributed by atoms with E-state index in [1.165, 1.54) is 0 Å². The van der Waals surface area contributed by atoms with Gasteiger partial charge in [0.1, 0.15) is 0 Å². The Morgan fingerprint density at radius 2 is 1.83 bits per heavy atom. The lowest BCUT2D eigenvalue weighted by Gasteiger charge is -2.30. The van der Waals surface area contributed by atoms with E-state index in [0.717, 1.165) is 13.1 Å². The lowest BCUT2D eigenvalue weighted by molar-refractivity contribution is -0.890. The number of rotatable bonds is 6. The van der Waals surface area contributed by atoms with E-state index in [2.05, 4.69) is 13.2 Å². The summed E-state index contributed by atoms with van der Waals surface area (Å²) in [6.45, 7) is 9.06. The monoisotopic (exact) mass is 169 g/mol. The topological polar surface area (TPSA) is 43.1 Å². The van der Waals surface area contributed by atoms with Gasteiger partial charge in [-0.1, -0.05) is 13.2 Å². The van der Waals surface area contributed by atoms with Crippen molar-refractivity contribution in [3.63, 3.8) is 0 Å². The summed E-state index contributed by atoms with van der Waals surface area (Å²) in [4.78, 5) is 10.7. The highest BCUT2D eigenvalue weighted by molar-refractivity contribution is 5.74. The average Bonchev–Trinajstić information content (AvgIpc) is 1.85. The maximum absolute atomic E-state index is 10.7. The Morgan fingerprint density at radius 1 is 1.42 bits per heavy atom. The van der Waals surface area contributed by atoms with E-state index in [-0.39, 0.29) is 5.91 Å². The Balaban J connectivity index is 4.25. The van der Waals surface area contributed by atoms with Gasteiger partial charge >= 0.3 is 0 Å². The maximum Gasteiger partial charge on any atom is 0.272 e. The second-order valence-electron chi connectivity index (χ2n) is 3.19. The highest BCUT2D eigenvalue weighted by atomic mass is 16.1. The molecule has 0 heterocycles. The molecule has 3 nitrogen and oxygen atoms in total. The van der Waals surface area contributed by atoms with Crippen molar-refractivity contribution in [2.24, 2.45) is 5.73 Å². The molecule has 0 spiro atoms. The van der Waals surface area contributed by atoms with Gasteiger partial charge in [-0.15, -0.1) is 0 Å². The lowest BCUT2D eigenvalue weighted by Crippen LogP contribution is -2.49. The number of hydrogen-bond acceptors (Lipinski definition) is 1. The predicted octanol–water partition coefficient (Wildman–Crippen LogP) is 0.290. The van der Waals surface area contributed by atoms with Crippen molar-refractivity contribution in [1.29, 1.82) is 0 Å². The summed E-state index contributed by atoms with van der Waals surface area (Å²) in [7, 11) is 1.95. The minimum absolute atomic E-state index is 0.291. The molecule has 12 heavy (non-hydrogen) atoms. The van der Waals surface area contributed by atoms with Crippen LogP contribution in [0.3, 0.4) is 0 Å². The second-order valence-corrected chi connectivity index (χ2v) is 3.19. The molecule has 0 aliphatic rings. The van der Waals surface area contributed by atoms with Crippen molar-refractivity contribution in [2.75, 3.05) is 26.7 Å². The predicted molar refractivity (Wildman–Crippen MR) is 50.4 cm³/mol. The standard InChI is InChI=1S/C9H16N2O/c1-4-6-11(3,7-5-2)8-9(10)12/h4-5H,1-2,6-8H2,3H3,(H-,10,12)/p+1. The first-order valence-corrected chi connectivity index (χ1v) is 3.88. The smallest absolute Gasteiger partial charge is 0.272 e. The molecule has 1 amide bonds. The highest BCUT2D eigenvalue weighted by Crippen LogP contribution is 2.01. The number of nitrogens with zero attached hydrogens (tertiary/aromatic N) is 1. The molecule has 0 aromatic heterocycles. The third-order valence-electron chi connectivity index (χ3n) is 1.68. The van der Waals surface area contributed by atoms with Crippen molar-refractivity contribution in [2.45, 2.75) is 0 Å². The normalized spacial score (nSPS) is 10.8. The average molecular weight is 169 g/mol. The summed E-state index contributed by atoms with van der Waals surface area (Å²) in [6, 6.07) is 0. The Labute approximate surface area is 73.8 Å². The Kier molecular flexibility index (Phi) is 4.29. The molecule has 0 bridgehead atoms. The van der Waals surface area contributed by atoms with Crippen molar-refractivity contribution in [3.05, 3.63) is 25.3 Å². The molecule has 0 aromatic rings. The first-order valence-electron chi connectivity index (χ1n) is 3.88. The fraction of sp³-hybridized carbons (Fsp3) is 0.444. The summed E-state index contributed by atoms with van der Waals surface area (Å²) in [5.41, 5.74) is 5.12. The van der Waals surface area contributed by atoms with Gasteiger partial charge in [0.2, 0.25) is 0 Å². The first kappa shape index (κ1) is 10.9. The molecule has 0 saturated carbocycles. The molecule has 3 heteroatoms. The Morgan fingerprint density at radius 3 is 2.08 bits per heavy atom. The Bertz CT molecular complexity index is 177. The third kappa shape index (κ3) is 3.93. The summed E-state index contributed by atoms with van der Waals surface area (Å²) in [6.07, 6.45) is 3.57. The molecule has 0 rings (SSSR count). The van der Waals surface area contributed by atoms with Gasteiger partial charge in [0.25, 0.3) is 5.91 Å². The van der Waals surface area contributed by atoms with Crippen molar-refractivity contribution >= 4 is 5.91 Å². The zero-order valence-electron chi connectivity index (χ0n) is 7.62. The van der Waals surface area contributed by atoms with Gasteiger partial charge in [-0.2, -0.15) is 0 Å². The third-order valence-corrected chi connectivity index (χ3v) is 1.68. The number of likely N-dealkylation sites (N-methyl/N-ethyl adjacent to an activating group) is 1. The summed E-state index contributed by atoms with van der Waals surface area (Å²) >= 11 is 0. The van der Waals surface area contributed by atoms with Crippen molar-refractivity contribution in [3.8, 4) is 0 Å². The molecule has 0 fully saturated rings. The molecular weight excluding hydrogens is 152 g/mol. The molecule has 0 unspecified atom stereocenters. The maximum atomic E-state index is 10.7. The number of primary amides is 1. The first-order chi connectivity index (χ1) is 5.54. The van der Waals surface area contributed by atoms with Crippen LogP contribution in [-0.2, 0) is 4.79 Å². The number of hydrogen-bond donors (Lipinski definition) is 1. The van der Waals surface area contributed by atoms with Crippen LogP contribution in [0, 0.1) is 0 Å². The highest BCUT2D eigenvalue weighted by Gasteiger charge is 2.20. The number of carbonyl (C=O) groups excluding carboxylic acids is 1. The fourth-order valence-electron chi connectivity index (χ4n) is 1.20. The van der Waals surface area contributed by atoms with E-state index in [4.69, 9.17) is 5.73 Å². The minimum atomic E-state index is -0.291. The SMILES string of the molecule is C=CC[N+](C)(CC=C)CC(N)=O. The van der Waals surface area contributed by atoms with Crippen LogP contribution in [0.25, 0.3) is 0 Å². The van der Waals surface area contributed by atoms with E-state index >= 15 is 0 Å². The van der Waals surface area contributed by atoms with Gasteiger partial charge in [-0.3, -0.25) is 4.79 Å². The van der Waals surface area contributed by atoms with Gasteiger partial charge in [-0.25, -0.2) is 0 Å². The van der Waals surface area contributed by atoms with E-state index in [0.29, 0.717) is 11.0 Å². The van der Waals surface area contributed by atoms with Gasteiger partial charge < -0.3 is 10.2 Å². The molecule has 0 atom stereocenters. The summed E-state index contributed by atoms with van der Waals surface area (Å²) < 4.78 is 0.558. The summed E-state index contributed by atoms with van der Waals surface area (Å²) in [5.74, 6) is -0.291.